The molecule has 2 aromatic rings. The molecule has 2 rings (SSSR count). The Labute approximate surface area is 169 Å². The number of Topliss-reactive ketones (excluding diaryl/α,β-unsaturated/α-hetero) is 1. The highest BCUT2D eigenvalue weighted by molar-refractivity contribution is 7.86. The van der Waals surface area contributed by atoms with Crippen LogP contribution < -0.4 is 4.90 Å². The van der Waals surface area contributed by atoms with Gasteiger partial charge in [-0.15, -0.1) is 10.2 Å². The molecule has 0 saturated carbocycles. The van der Waals surface area contributed by atoms with Crippen LogP contribution in [0.1, 0.15) is 44.3 Å². The third-order valence-corrected chi connectivity index (χ3v) is 5.75. The Balaban J connectivity index is 2.38. The van der Waals surface area contributed by atoms with E-state index in [-0.39, 0.29) is 21.5 Å². The average molecular weight is 425 g/mol. The van der Waals surface area contributed by atoms with Gasteiger partial charge in [-0.3, -0.25) is 9.35 Å². The lowest BCUT2D eigenvalue weighted by atomic mass is 9.90. The van der Waals surface area contributed by atoms with Crippen molar-refractivity contribution in [2.75, 3.05) is 18.0 Å². The summed E-state index contributed by atoms with van der Waals surface area (Å²) in [6.45, 7) is 10.7. The van der Waals surface area contributed by atoms with Gasteiger partial charge in [0.2, 0.25) is 5.13 Å². The highest BCUT2D eigenvalue weighted by Gasteiger charge is 2.25. The molecule has 0 unspecified atom stereocenters. The zero-order valence-electron chi connectivity index (χ0n) is 16.5. The van der Waals surface area contributed by atoms with E-state index < -0.39 is 15.5 Å². The number of benzene rings is 1. The van der Waals surface area contributed by atoms with E-state index in [1.165, 1.54) is 18.3 Å². The van der Waals surface area contributed by atoms with Gasteiger partial charge in [-0.05, 0) is 32.0 Å². The summed E-state index contributed by atoms with van der Waals surface area (Å²) in [5.41, 5.74) is 0.112. The summed E-state index contributed by atoms with van der Waals surface area (Å²) in [7, 11) is -4.49. The van der Waals surface area contributed by atoms with Crippen LogP contribution in [0.15, 0.2) is 39.5 Å². The number of hydrogen-bond acceptors (Lipinski definition) is 8. The fraction of sp³-hybridized carbons (Fsp3) is 0.444. The van der Waals surface area contributed by atoms with Crippen LogP contribution in [0.5, 0.6) is 0 Å². The molecule has 152 valence electrons. The van der Waals surface area contributed by atoms with E-state index in [1.54, 1.807) is 6.07 Å². The molecule has 28 heavy (non-hydrogen) atoms. The minimum atomic E-state index is -4.49. The van der Waals surface area contributed by atoms with Crippen molar-refractivity contribution in [2.24, 2.45) is 15.6 Å². The Bertz CT molecular complexity index is 987. The summed E-state index contributed by atoms with van der Waals surface area (Å²) in [5.74, 6) is -0.0614. The zero-order chi connectivity index (χ0) is 21.1. The van der Waals surface area contributed by atoms with E-state index in [0.29, 0.717) is 23.7 Å². The molecule has 0 amide bonds. The number of anilines is 1. The Morgan fingerprint density at radius 1 is 1.21 bits per heavy atom. The first kappa shape index (κ1) is 22.1. The molecule has 0 atom stereocenters. The average Bonchev–Trinajstić information content (AvgIpc) is 3.08. The molecular formula is C18H24N4O4S2. The van der Waals surface area contributed by atoms with Gasteiger partial charge in [-0.2, -0.15) is 8.42 Å². The minimum Gasteiger partial charge on any atom is -0.372 e. The highest BCUT2D eigenvalue weighted by atomic mass is 32.2. The first-order valence-corrected chi connectivity index (χ1v) is 11.0. The summed E-state index contributed by atoms with van der Waals surface area (Å²) in [6.07, 6.45) is 1.43. The van der Waals surface area contributed by atoms with Crippen LogP contribution >= 0.6 is 11.3 Å². The number of ketones is 1. The normalized spacial score (nSPS) is 12.5. The van der Waals surface area contributed by atoms with E-state index in [9.17, 15) is 17.8 Å². The lowest BCUT2D eigenvalue weighted by Gasteiger charge is -2.21. The van der Waals surface area contributed by atoms with Crippen LogP contribution in [0.2, 0.25) is 0 Å². The number of aromatic nitrogens is 1. The molecule has 1 aromatic carbocycles. The van der Waals surface area contributed by atoms with Crippen LogP contribution in [0, 0.1) is 5.41 Å². The van der Waals surface area contributed by atoms with Gasteiger partial charge in [-0.1, -0.05) is 32.1 Å². The van der Waals surface area contributed by atoms with Gasteiger partial charge in [0.05, 0.1) is 11.1 Å². The second-order valence-corrected chi connectivity index (χ2v) is 9.48. The minimum absolute atomic E-state index is 0.00250. The molecule has 1 aromatic heterocycles. The largest absolute Gasteiger partial charge is 0.372 e. The Hall–Kier alpha value is -2.17. The Morgan fingerprint density at radius 3 is 2.39 bits per heavy atom. The molecule has 0 aliphatic rings. The maximum absolute atomic E-state index is 12.3. The maximum Gasteiger partial charge on any atom is 0.296 e. The SMILES string of the molecule is CCN(CC)c1ccc(N=Nc2ncc(C(=O)C(C)(C)C)s2)c(S(=O)(=O)O)c1. The first-order valence-electron chi connectivity index (χ1n) is 8.76. The lowest BCUT2D eigenvalue weighted by Crippen LogP contribution is -2.22. The fourth-order valence-corrected chi connectivity index (χ4v) is 3.99. The Kier molecular flexibility index (Phi) is 6.68. The van der Waals surface area contributed by atoms with Gasteiger partial charge in [0.25, 0.3) is 10.1 Å². The molecule has 10 heteroatoms. The van der Waals surface area contributed by atoms with Crippen LogP contribution in [0.4, 0.5) is 16.5 Å². The van der Waals surface area contributed by atoms with Crippen molar-refractivity contribution in [3.8, 4) is 0 Å². The van der Waals surface area contributed by atoms with Crippen molar-refractivity contribution in [1.29, 1.82) is 0 Å². The number of carbonyl (C=O) groups excluding carboxylic acids is 1. The van der Waals surface area contributed by atoms with E-state index >= 15 is 0 Å². The molecule has 0 aliphatic heterocycles. The number of thiazole rings is 1. The molecule has 8 nitrogen and oxygen atoms in total. The van der Waals surface area contributed by atoms with Crippen molar-refractivity contribution in [2.45, 2.75) is 39.5 Å². The van der Waals surface area contributed by atoms with Crippen LogP contribution in [-0.2, 0) is 10.1 Å². The number of carbonyl (C=O) groups is 1. The van der Waals surface area contributed by atoms with Crippen LogP contribution in [0.25, 0.3) is 0 Å². The lowest BCUT2D eigenvalue weighted by molar-refractivity contribution is 0.0862. The maximum atomic E-state index is 12.3. The van der Waals surface area contributed by atoms with Crippen molar-refractivity contribution < 1.29 is 17.8 Å². The van der Waals surface area contributed by atoms with E-state index in [1.807, 2.05) is 39.5 Å². The molecule has 0 saturated heterocycles. The number of azo groups is 1. The first-order chi connectivity index (χ1) is 13.0. The third kappa shape index (κ3) is 5.21. The molecule has 0 aliphatic carbocycles. The second kappa shape index (κ2) is 8.46. The molecule has 0 bridgehead atoms. The quantitative estimate of drug-likeness (QED) is 0.385. The van der Waals surface area contributed by atoms with Gasteiger partial charge in [0.1, 0.15) is 10.6 Å². The van der Waals surface area contributed by atoms with Gasteiger partial charge in [0.15, 0.2) is 5.78 Å². The topological polar surface area (TPSA) is 112 Å². The standard InChI is InChI=1S/C18H24N4O4S2/c1-6-22(7-2)12-8-9-13(15(10-12)28(24,25)26)20-21-17-19-11-14(27-17)16(23)18(3,4)5/h8-11H,6-7H2,1-5H3,(H,24,25,26). The molecule has 0 radical (unpaired) electrons. The number of nitrogens with zero attached hydrogens (tertiary/aromatic N) is 4. The number of hydrogen-bond donors (Lipinski definition) is 1. The Morgan fingerprint density at radius 2 is 1.86 bits per heavy atom. The van der Waals surface area contributed by atoms with Crippen LogP contribution in [0.3, 0.4) is 0 Å². The van der Waals surface area contributed by atoms with E-state index in [4.69, 9.17) is 0 Å². The second-order valence-electron chi connectivity index (χ2n) is 7.09. The third-order valence-electron chi connectivity index (χ3n) is 3.99. The van der Waals surface area contributed by atoms with Crippen molar-refractivity contribution in [1.82, 2.24) is 4.98 Å². The van der Waals surface area contributed by atoms with Crippen LogP contribution in [-0.4, -0.2) is 36.8 Å². The summed E-state index contributed by atoms with van der Waals surface area (Å²) >= 11 is 1.07. The fourth-order valence-electron chi connectivity index (χ4n) is 2.46. The zero-order valence-corrected chi connectivity index (χ0v) is 18.1. The summed E-state index contributed by atoms with van der Waals surface area (Å²) in [6, 6.07) is 4.56. The van der Waals surface area contributed by atoms with Gasteiger partial charge >= 0.3 is 0 Å². The molecule has 0 spiro atoms. The van der Waals surface area contributed by atoms with Crippen molar-refractivity contribution >= 4 is 43.7 Å². The van der Waals surface area contributed by atoms with E-state index in [2.05, 4.69) is 15.2 Å². The summed E-state index contributed by atoms with van der Waals surface area (Å²) < 4.78 is 33.2. The van der Waals surface area contributed by atoms with E-state index in [0.717, 1.165) is 11.3 Å². The predicted molar refractivity (Wildman–Crippen MR) is 110 cm³/mol. The molecule has 1 N–H and O–H groups in total. The smallest absolute Gasteiger partial charge is 0.296 e. The van der Waals surface area contributed by atoms with Gasteiger partial charge in [0, 0.05) is 24.2 Å². The predicted octanol–water partition coefficient (Wildman–Crippen LogP) is 4.88. The summed E-state index contributed by atoms with van der Waals surface area (Å²) in [5, 5.41) is 8.10. The van der Waals surface area contributed by atoms with Crippen molar-refractivity contribution in [3.05, 3.63) is 29.3 Å². The van der Waals surface area contributed by atoms with Crippen molar-refractivity contribution in [3.63, 3.8) is 0 Å². The molecule has 0 fully saturated rings. The monoisotopic (exact) mass is 424 g/mol. The molecular weight excluding hydrogens is 400 g/mol. The highest BCUT2D eigenvalue weighted by Crippen LogP contribution is 2.32. The molecule has 1 heterocycles. The summed E-state index contributed by atoms with van der Waals surface area (Å²) in [4.78, 5) is 18.4. The van der Waals surface area contributed by atoms with Gasteiger partial charge < -0.3 is 4.90 Å². The van der Waals surface area contributed by atoms with Gasteiger partial charge in [-0.25, -0.2) is 4.98 Å². The number of rotatable bonds is 7.